The standard InChI is InChI=1S/C28H22N2O6/c1-34-25-15-18(11-12-24(25)36-17-20-8-4-7-19-6-2-3-10-22(19)20)14-23-26(31)29-28(33)30(27(23)32)16-21-9-5-13-35-21/h2-15H,16-17H2,1H3,(H,29,31,33)/b23-14+. The fourth-order valence-corrected chi connectivity index (χ4v) is 4.03. The predicted octanol–water partition coefficient (Wildman–Crippen LogP) is 4.68. The molecule has 4 amide bonds. The van der Waals surface area contributed by atoms with Crippen LogP contribution in [0.4, 0.5) is 4.79 Å². The van der Waals surface area contributed by atoms with Crippen LogP contribution in [0.2, 0.25) is 0 Å². The lowest BCUT2D eigenvalue weighted by Crippen LogP contribution is -2.53. The maximum absolute atomic E-state index is 12.9. The number of barbiturate groups is 1. The van der Waals surface area contributed by atoms with Crippen molar-refractivity contribution in [1.29, 1.82) is 0 Å². The van der Waals surface area contributed by atoms with Crippen molar-refractivity contribution in [3.8, 4) is 11.5 Å². The van der Waals surface area contributed by atoms with Gasteiger partial charge in [-0.25, -0.2) is 4.79 Å². The van der Waals surface area contributed by atoms with Crippen molar-refractivity contribution < 1.29 is 28.3 Å². The van der Waals surface area contributed by atoms with E-state index >= 15 is 0 Å². The van der Waals surface area contributed by atoms with Crippen molar-refractivity contribution in [1.82, 2.24) is 10.2 Å². The summed E-state index contributed by atoms with van der Waals surface area (Å²) in [6, 6.07) is 21.7. The van der Waals surface area contributed by atoms with Crippen molar-refractivity contribution >= 4 is 34.7 Å². The minimum absolute atomic E-state index is 0.0907. The van der Waals surface area contributed by atoms with Gasteiger partial charge in [-0.05, 0) is 52.2 Å². The van der Waals surface area contributed by atoms with Gasteiger partial charge in [0.1, 0.15) is 17.9 Å². The van der Waals surface area contributed by atoms with Gasteiger partial charge in [-0.2, -0.15) is 0 Å². The number of carbonyl (C=O) groups excluding carboxylic acids is 3. The molecule has 1 aromatic heterocycles. The van der Waals surface area contributed by atoms with E-state index < -0.39 is 17.8 Å². The Bertz CT molecular complexity index is 1480. The molecule has 2 heterocycles. The Morgan fingerprint density at radius 3 is 2.58 bits per heavy atom. The van der Waals surface area contributed by atoms with Gasteiger partial charge in [0, 0.05) is 0 Å². The smallest absolute Gasteiger partial charge is 0.331 e. The Kier molecular flexibility index (Phi) is 6.23. The van der Waals surface area contributed by atoms with Crippen LogP contribution in [0.15, 0.2) is 89.0 Å². The van der Waals surface area contributed by atoms with Crippen LogP contribution < -0.4 is 14.8 Å². The zero-order chi connectivity index (χ0) is 25.1. The summed E-state index contributed by atoms with van der Waals surface area (Å²) < 4.78 is 16.8. The lowest BCUT2D eigenvalue weighted by Gasteiger charge is -2.25. The molecule has 1 aliphatic rings. The Hall–Kier alpha value is -4.85. The fraction of sp³-hybridized carbons (Fsp3) is 0.107. The number of amides is 4. The number of rotatable bonds is 7. The fourth-order valence-electron chi connectivity index (χ4n) is 4.03. The van der Waals surface area contributed by atoms with Crippen molar-refractivity contribution in [2.24, 2.45) is 0 Å². The summed E-state index contributed by atoms with van der Waals surface area (Å²) in [6.07, 6.45) is 2.86. The predicted molar refractivity (Wildman–Crippen MR) is 132 cm³/mol. The van der Waals surface area contributed by atoms with E-state index in [1.54, 1.807) is 30.3 Å². The number of ether oxygens (including phenoxy) is 2. The van der Waals surface area contributed by atoms with Crippen LogP contribution in [0, 0.1) is 0 Å². The average Bonchev–Trinajstić information content (AvgIpc) is 3.41. The summed E-state index contributed by atoms with van der Waals surface area (Å²) >= 11 is 0. The maximum atomic E-state index is 12.9. The summed E-state index contributed by atoms with van der Waals surface area (Å²) in [5.74, 6) is -0.105. The van der Waals surface area contributed by atoms with Crippen LogP contribution in [0.5, 0.6) is 11.5 Å². The number of hydrogen-bond donors (Lipinski definition) is 1. The highest BCUT2D eigenvalue weighted by molar-refractivity contribution is 6.30. The first kappa shape index (κ1) is 22.9. The second kappa shape index (κ2) is 9.79. The van der Waals surface area contributed by atoms with Crippen molar-refractivity contribution in [2.45, 2.75) is 13.2 Å². The summed E-state index contributed by atoms with van der Waals surface area (Å²) in [5, 5.41) is 4.43. The van der Waals surface area contributed by atoms with E-state index in [-0.39, 0.29) is 12.1 Å². The van der Waals surface area contributed by atoms with Gasteiger partial charge in [0.25, 0.3) is 11.8 Å². The summed E-state index contributed by atoms with van der Waals surface area (Å²) in [4.78, 5) is 38.5. The third-order valence-electron chi connectivity index (χ3n) is 5.84. The quantitative estimate of drug-likeness (QED) is 0.303. The SMILES string of the molecule is COc1cc(/C=C2\C(=O)NC(=O)N(Cc3ccco3)C2=O)ccc1OCc1cccc2ccccc12. The third-order valence-corrected chi connectivity index (χ3v) is 5.84. The molecule has 4 aromatic rings. The van der Waals surface area contributed by atoms with E-state index in [4.69, 9.17) is 13.9 Å². The molecule has 1 N–H and O–H groups in total. The maximum Gasteiger partial charge on any atom is 0.331 e. The molecular weight excluding hydrogens is 460 g/mol. The molecule has 1 fully saturated rings. The van der Waals surface area contributed by atoms with Gasteiger partial charge >= 0.3 is 6.03 Å². The number of methoxy groups -OCH3 is 1. The van der Waals surface area contributed by atoms with Gasteiger partial charge in [-0.1, -0.05) is 48.5 Å². The number of benzene rings is 3. The van der Waals surface area contributed by atoms with Gasteiger partial charge in [0.15, 0.2) is 11.5 Å². The van der Waals surface area contributed by atoms with Crippen molar-refractivity contribution in [2.75, 3.05) is 7.11 Å². The molecule has 0 atom stereocenters. The molecule has 0 spiro atoms. The molecule has 36 heavy (non-hydrogen) atoms. The van der Waals surface area contributed by atoms with Crippen molar-refractivity contribution in [3.63, 3.8) is 0 Å². The van der Waals surface area contributed by atoms with E-state index in [2.05, 4.69) is 5.32 Å². The molecule has 5 rings (SSSR count). The van der Waals surface area contributed by atoms with Crippen LogP contribution in [-0.2, 0) is 22.7 Å². The molecule has 3 aromatic carbocycles. The summed E-state index contributed by atoms with van der Waals surface area (Å²) in [7, 11) is 1.51. The van der Waals surface area contributed by atoms with Gasteiger partial charge in [-0.3, -0.25) is 19.8 Å². The van der Waals surface area contributed by atoms with Gasteiger partial charge in [0.05, 0.1) is 19.9 Å². The van der Waals surface area contributed by atoms with E-state index in [1.807, 2.05) is 42.5 Å². The number of nitrogens with one attached hydrogen (secondary N) is 1. The molecule has 8 heteroatoms. The number of nitrogens with zero attached hydrogens (tertiary/aromatic N) is 1. The molecule has 1 aliphatic heterocycles. The van der Waals surface area contributed by atoms with E-state index in [1.165, 1.54) is 19.4 Å². The highest BCUT2D eigenvalue weighted by atomic mass is 16.5. The number of imide groups is 2. The number of urea groups is 1. The first-order chi connectivity index (χ1) is 17.5. The molecule has 180 valence electrons. The topological polar surface area (TPSA) is 98.1 Å². The summed E-state index contributed by atoms with van der Waals surface area (Å²) in [5.41, 5.74) is 1.40. The zero-order valence-corrected chi connectivity index (χ0v) is 19.4. The normalized spacial score (nSPS) is 14.9. The van der Waals surface area contributed by atoms with Crippen molar-refractivity contribution in [3.05, 3.63) is 102 Å². The zero-order valence-electron chi connectivity index (χ0n) is 19.4. The second-order valence-corrected chi connectivity index (χ2v) is 8.13. The van der Waals surface area contributed by atoms with Gasteiger partial charge in [-0.15, -0.1) is 0 Å². The highest BCUT2D eigenvalue weighted by Crippen LogP contribution is 2.31. The molecule has 0 unspecified atom stereocenters. The first-order valence-corrected chi connectivity index (χ1v) is 11.2. The van der Waals surface area contributed by atoms with Crippen LogP contribution in [0.3, 0.4) is 0 Å². The number of fused-ring (bicyclic) bond motifs is 1. The summed E-state index contributed by atoms with van der Waals surface area (Å²) in [6.45, 7) is 0.245. The minimum Gasteiger partial charge on any atom is -0.493 e. The molecule has 0 bridgehead atoms. The Morgan fingerprint density at radius 2 is 1.78 bits per heavy atom. The Labute approximate surface area is 206 Å². The largest absolute Gasteiger partial charge is 0.493 e. The van der Waals surface area contributed by atoms with E-state index in [0.29, 0.717) is 29.4 Å². The average molecular weight is 482 g/mol. The van der Waals surface area contributed by atoms with Crippen LogP contribution in [-0.4, -0.2) is 29.9 Å². The second-order valence-electron chi connectivity index (χ2n) is 8.13. The number of carbonyl (C=O) groups is 3. The Balaban J connectivity index is 1.37. The lowest BCUT2D eigenvalue weighted by atomic mass is 10.1. The van der Waals surface area contributed by atoms with Gasteiger partial charge < -0.3 is 13.9 Å². The van der Waals surface area contributed by atoms with Crippen LogP contribution in [0.25, 0.3) is 16.8 Å². The number of furan rings is 1. The molecule has 8 nitrogen and oxygen atoms in total. The number of hydrogen-bond acceptors (Lipinski definition) is 6. The first-order valence-electron chi connectivity index (χ1n) is 11.2. The molecule has 1 saturated heterocycles. The van der Waals surface area contributed by atoms with Crippen LogP contribution in [0.1, 0.15) is 16.9 Å². The Morgan fingerprint density at radius 1 is 0.944 bits per heavy atom. The lowest BCUT2D eigenvalue weighted by molar-refractivity contribution is -0.130. The highest BCUT2D eigenvalue weighted by Gasteiger charge is 2.36. The molecular formula is C28H22N2O6. The van der Waals surface area contributed by atoms with E-state index in [0.717, 1.165) is 21.2 Å². The third kappa shape index (κ3) is 4.56. The van der Waals surface area contributed by atoms with Gasteiger partial charge in [0.2, 0.25) is 0 Å². The molecule has 0 aliphatic carbocycles. The van der Waals surface area contributed by atoms with E-state index in [9.17, 15) is 14.4 Å². The van der Waals surface area contributed by atoms with Crippen LogP contribution >= 0.6 is 0 Å². The molecule has 0 radical (unpaired) electrons. The monoisotopic (exact) mass is 482 g/mol. The minimum atomic E-state index is -0.798. The molecule has 0 saturated carbocycles.